The first-order chi connectivity index (χ1) is 11.7. The minimum atomic E-state index is -0.600. The van der Waals surface area contributed by atoms with Crippen LogP contribution in [-0.4, -0.2) is 41.2 Å². The molecule has 1 fully saturated rings. The van der Waals surface area contributed by atoms with E-state index in [1.54, 1.807) is 20.8 Å². The average molecular weight is 348 g/mol. The van der Waals surface area contributed by atoms with E-state index in [0.717, 1.165) is 11.8 Å². The summed E-state index contributed by atoms with van der Waals surface area (Å²) in [6, 6.07) is 9.12. The van der Waals surface area contributed by atoms with Gasteiger partial charge in [-0.15, -0.1) is 0 Å². The molecular formula is C17H24N4O4. The van der Waals surface area contributed by atoms with Gasteiger partial charge in [0.15, 0.2) is 5.82 Å². The van der Waals surface area contributed by atoms with E-state index < -0.39 is 16.6 Å². The highest BCUT2D eigenvalue weighted by Crippen LogP contribution is 2.19. The summed E-state index contributed by atoms with van der Waals surface area (Å²) < 4.78 is 5.34. The Hall–Kier alpha value is -2.77. The van der Waals surface area contributed by atoms with Crippen LogP contribution >= 0.6 is 0 Å². The largest absolute Gasteiger partial charge is 0.444 e. The number of amides is 1. The van der Waals surface area contributed by atoms with Gasteiger partial charge in [-0.2, -0.15) is 0 Å². The highest BCUT2D eigenvalue weighted by atomic mass is 16.6. The van der Waals surface area contributed by atoms with Crippen molar-refractivity contribution < 1.29 is 14.5 Å². The van der Waals surface area contributed by atoms with E-state index in [1.165, 1.54) is 0 Å². The maximum Gasteiger partial charge on any atom is 0.408 e. The predicted octanol–water partition coefficient (Wildman–Crippen LogP) is 2.23. The van der Waals surface area contributed by atoms with Crippen molar-refractivity contribution in [2.45, 2.75) is 32.4 Å². The van der Waals surface area contributed by atoms with Gasteiger partial charge < -0.3 is 20.3 Å². The Morgan fingerprint density at radius 2 is 2.12 bits per heavy atom. The summed E-state index contributed by atoms with van der Waals surface area (Å²) in [6.07, 6.45) is 0.427. The minimum Gasteiger partial charge on any atom is -0.444 e. The van der Waals surface area contributed by atoms with Crippen molar-refractivity contribution in [1.82, 2.24) is 15.5 Å². The van der Waals surface area contributed by atoms with Gasteiger partial charge >= 0.3 is 6.09 Å². The molecular weight excluding hydrogens is 324 g/mol. The predicted molar refractivity (Wildman–Crippen MR) is 93.2 cm³/mol. The Kier molecular flexibility index (Phi) is 5.84. The summed E-state index contributed by atoms with van der Waals surface area (Å²) in [5.41, 5.74) is 0.303. The van der Waals surface area contributed by atoms with Gasteiger partial charge in [-0.05, 0) is 26.3 Å². The van der Waals surface area contributed by atoms with Crippen LogP contribution in [0.4, 0.5) is 4.79 Å². The van der Waals surface area contributed by atoms with Crippen molar-refractivity contribution in [2.24, 2.45) is 0 Å². The zero-order chi connectivity index (χ0) is 18.4. The molecule has 136 valence electrons. The van der Waals surface area contributed by atoms with Crippen LogP contribution in [0.3, 0.4) is 0 Å². The molecule has 0 unspecified atom stereocenters. The smallest absolute Gasteiger partial charge is 0.408 e. The van der Waals surface area contributed by atoms with Gasteiger partial charge in [0, 0.05) is 19.6 Å². The molecule has 1 amide bonds. The molecule has 1 saturated heterocycles. The van der Waals surface area contributed by atoms with E-state index in [1.807, 2.05) is 35.2 Å². The Bertz CT molecular complexity index is 640. The molecule has 0 aliphatic carbocycles. The number of nitro groups is 1. The van der Waals surface area contributed by atoms with Crippen LogP contribution in [0.5, 0.6) is 0 Å². The molecule has 25 heavy (non-hydrogen) atoms. The summed E-state index contributed by atoms with van der Waals surface area (Å²) in [5.74, 6) is 0.442. The van der Waals surface area contributed by atoms with E-state index in [-0.39, 0.29) is 6.04 Å². The fraction of sp³-hybridized carbons (Fsp3) is 0.471. The van der Waals surface area contributed by atoms with Gasteiger partial charge in [-0.1, -0.05) is 30.3 Å². The maximum atomic E-state index is 12.2. The number of carbonyl (C=O) groups excluding carboxylic acids is 1. The quantitative estimate of drug-likeness (QED) is 0.626. The second-order valence-corrected chi connectivity index (χ2v) is 6.78. The Morgan fingerprint density at radius 3 is 2.72 bits per heavy atom. The van der Waals surface area contributed by atoms with Crippen molar-refractivity contribution in [1.29, 1.82) is 0 Å². The number of nitrogens with zero attached hydrogens (tertiary/aromatic N) is 2. The van der Waals surface area contributed by atoms with E-state index >= 15 is 0 Å². The van der Waals surface area contributed by atoms with Crippen LogP contribution in [0.15, 0.2) is 42.4 Å². The summed E-state index contributed by atoms with van der Waals surface area (Å²) in [4.78, 5) is 24.3. The van der Waals surface area contributed by atoms with E-state index in [9.17, 15) is 14.9 Å². The maximum absolute atomic E-state index is 12.2. The monoisotopic (exact) mass is 348 g/mol. The van der Waals surface area contributed by atoms with Gasteiger partial charge in [-0.25, -0.2) is 4.79 Å². The highest BCUT2D eigenvalue weighted by Gasteiger charge is 2.26. The average Bonchev–Trinajstić information content (AvgIpc) is 2.92. The van der Waals surface area contributed by atoms with Gasteiger partial charge in [0.05, 0.1) is 11.0 Å². The minimum absolute atomic E-state index is 0.355. The van der Waals surface area contributed by atoms with Crippen LogP contribution in [0.2, 0.25) is 0 Å². The third-order valence-corrected chi connectivity index (χ3v) is 3.55. The lowest BCUT2D eigenvalue weighted by Gasteiger charge is -2.27. The number of hydrogen-bond acceptors (Lipinski definition) is 6. The molecule has 1 heterocycles. The summed E-state index contributed by atoms with van der Waals surface area (Å²) in [5, 5.41) is 16.6. The number of carbonyl (C=O) groups is 1. The third-order valence-electron chi connectivity index (χ3n) is 3.55. The lowest BCUT2D eigenvalue weighted by Crippen LogP contribution is -2.40. The van der Waals surface area contributed by atoms with Crippen molar-refractivity contribution in [2.75, 3.05) is 19.6 Å². The van der Waals surface area contributed by atoms with E-state index in [0.29, 0.717) is 25.5 Å². The molecule has 2 N–H and O–H groups in total. The molecule has 0 spiro atoms. The molecule has 8 heteroatoms. The zero-order valence-electron chi connectivity index (χ0n) is 14.7. The lowest BCUT2D eigenvalue weighted by molar-refractivity contribution is -0.404. The number of nitrogens with one attached hydrogen (secondary N) is 2. The van der Waals surface area contributed by atoms with Gasteiger partial charge in [0.25, 0.3) is 6.20 Å². The Labute approximate surface area is 147 Å². The van der Waals surface area contributed by atoms with Crippen LogP contribution < -0.4 is 10.6 Å². The van der Waals surface area contributed by atoms with Gasteiger partial charge in [0.2, 0.25) is 0 Å². The molecule has 8 nitrogen and oxygen atoms in total. The number of ether oxygens (including phenoxy) is 1. The van der Waals surface area contributed by atoms with Gasteiger partial charge in [0.1, 0.15) is 5.60 Å². The first-order valence-corrected chi connectivity index (χ1v) is 8.13. The Morgan fingerprint density at radius 1 is 1.44 bits per heavy atom. The third kappa shape index (κ3) is 5.98. The summed E-state index contributed by atoms with van der Waals surface area (Å²) >= 11 is 0. The summed E-state index contributed by atoms with van der Waals surface area (Å²) in [7, 11) is 0. The van der Waals surface area contributed by atoms with Gasteiger partial charge in [-0.3, -0.25) is 10.1 Å². The van der Waals surface area contributed by atoms with Crippen LogP contribution in [0.1, 0.15) is 32.4 Å². The fourth-order valence-corrected chi connectivity index (χ4v) is 2.56. The topological polar surface area (TPSA) is 96.7 Å². The first-order valence-electron chi connectivity index (χ1n) is 8.13. The second-order valence-electron chi connectivity index (χ2n) is 6.78. The summed E-state index contributed by atoms with van der Waals surface area (Å²) in [6.45, 7) is 7.04. The van der Waals surface area contributed by atoms with Crippen molar-refractivity contribution >= 4 is 6.09 Å². The van der Waals surface area contributed by atoms with Crippen molar-refractivity contribution in [3.05, 3.63) is 58.0 Å². The molecule has 1 aromatic rings. The van der Waals surface area contributed by atoms with Crippen LogP contribution in [0.25, 0.3) is 0 Å². The van der Waals surface area contributed by atoms with Crippen molar-refractivity contribution in [3.63, 3.8) is 0 Å². The molecule has 0 aromatic heterocycles. The molecule has 0 saturated carbocycles. The Balaban J connectivity index is 2.15. The molecule has 1 aromatic carbocycles. The first kappa shape index (κ1) is 18.6. The standard InChI is InChI=1S/C17H24N4O4/c1-17(2,3)25-16(22)19-14(13-7-5-4-6-8-13)11-20-10-9-18-15(20)12-21(23)24/h4-8,12,14,18H,9-11H2,1-3H3,(H,19,22)/b15-12+/t14-/m0/s1. The molecule has 2 rings (SSSR count). The second kappa shape index (κ2) is 7.87. The zero-order valence-corrected chi connectivity index (χ0v) is 14.7. The van der Waals surface area contributed by atoms with Crippen LogP contribution in [-0.2, 0) is 4.74 Å². The fourth-order valence-electron chi connectivity index (χ4n) is 2.56. The molecule has 1 aliphatic heterocycles. The molecule has 0 radical (unpaired) electrons. The lowest BCUT2D eigenvalue weighted by atomic mass is 10.1. The molecule has 1 aliphatic rings. The normalized spacial score (nSPS) is 17.1. The number of benzene rings is 1. The van der Waals surface area contributed by atoms with Crippen LogP contribution in [0, 0.1) is 10.1 Å². The van der Waals surface area contributed by atoms with E-state index in [4.69, 9.17) is 4.74 Å². The number of alkyl carbamates (subject to hydrolysis) is 1. The SMILES string of the molecule is CC(C)(C)OC(=O)N[C@@H](CN1CCN/C1=C\[N+](=O)[O-])c1ccccc1. The van der Waals surface area contributed by atoms with E-state index in [2.05, 4.69) is 10.6 Å². The number of rotatable bonds is 5. The van der Waals surface area contributed by atoms with Crippen molar-refractivity contribution in [3.8, 4) is 0 Å². The molecule has 1 atom stereocenters. The number of hydrogen-bond donors (Lipinski definition) is 2. The highest BCUT2D eigenvalue weighted by molar-refractivity contribution is 5.68. The molecule has 0 bridgehead atoms.